The highest BCUT2D eigenvalue weighted by atomic mass is 79.9. The number of alkyl halides is 3. The second-order valence-corrected chi connectivity index (χ2v) is 5.60. The molecule has 1 heterocycles. The van der Waals surface area contributed by atoms with E-state index in [0.717, 1.165) is 12.1 Å². The lowest BCUT2D eigenvalue weighted by Gasteiger charge is -2.10. The summed E-state index contributed by atoms with van der Waals surface area (Å²) in [6, 6.07) is 5.10. The number of aryl methyl sites for hydroxylation is 1. The summed E-state index contributed by atoms with van der Waals surface area (Å²) >= 11 is 2.99. The first-order valence-electron chi connectivity index (χ1n) is 6.36. The molecule has 2 aromatic rings. The highest BCUT2D eigenvalue weighted by Gasteiger charge is 2.31. The fraction of sp³-hybridized carbons (Fsp3) is 0.133. The normalized spacial score (nSPS) is 12.3. The first-order chi connectivity index (χ1) is 10.7. The summed E-state index contributed by atoms with van der Waals surface area (Å²) in [6.45, 7) is 1.56. The summed E-state index contributed by atoms with van der Waals surface area (Å²) in [6.07, 6.45) is -1.69. The zero-order chi connectivity index (χ0) is 17.2. The minimum Gasteiger partial charge on any atom is -0.365 e. The molecule has 2 N–H and O–H groups in total. The van der Waals surface area contributed by atoms with Gasteiger partial charge in [-0.1, -0.05) is 0 Å². The van der Waals surface area contributed by atoms with Crippen molar-refractivity contribution in [1.82, 2.24) is 9.97 Å². The molecule has 0 saturated carbocycles. The van der Waals surface area contributed by atoms with E-state index >= 15 is 0 Å². The molecule has 0 radical (unpaired) electrons. The molecule has 0 aliphatic rings. The minimum atomic E-state index is -4.45. The van der Waals surface area contributed by atoms with E-state index in [-0.39, 0.29) is 15.9 Å². The highest BCUT2D eigenvalue weighted by Crippen LogP contribution is 2.32. The Hall–Kier alpha value is -2.22. The van der Waals surface area contributed by atoms with Crippen molar-refractivity contribution in [2.75, 3.05) is 0 Å². The number of amides is 1. The Bertz CT molecular complexity index is 788. The molecule has 0 unspecified atom stereocenters. The third-order valence-corrected chi connectivity index (χ3v) is 3.47. The lowest BCUT2D eigenvalue weighted by molar-refractivity contribution is -0.137. The van der Waals surface area contributed by atoms with E-state index in [9.17, 15) is 18.0 Å². The monoisotopic (exact) mass is 385 g/mol. The van der Waals surface area contributed by atoms with E-state index in [2.05, 4.69) is 25.9 Å². The van der Waals surface area contributed by atoms with Crippen LogP contribution in [0.25, 0.3) is 17.5 Å². The largest absolute Gasteiger partial charge is 0.416 e. The maximum atomic E-state index is 12.9. The topological polar surface area (TPSA) is 68.9 Å². The van der Waals surface area contributed by atoms with E-state index in [0.29, 0.717) is 11.3 Å². The number of nitrogens with zero attached hydrogens (tertiary/aromatic N) is 2. The Morgan fingerprint density at radius 1 is 1.30 bits per heavy atom. The van der Waals surface area contributed by atoms with Gasteiger partial charge in [-0.25, -0.2) is 9.97 Å². The number of aromatic nitrogens is 2. The van der Waals surface area contributed by atoms with Crippen LogP contribution in [0.4, 0.5) is 13.2 Å². The molecule has 0 spiro atoms. The number of hydrogen-bond donors (Lipinski definition) is 1. The van der Waals surface area contributed by atoms with Gasteiger partial charge in [0.1, 0.15) is 0 Å². The number of hydrogen-bond acceptors (Lipinski definition) is 3. The molecule has 0 fully saturated rings. The molecule has 1 amide bonds. The van der Waals surface area contributed by atoms with Crippen LogP contribution in [0, 0.1) is 6.92 Å². The van der Waals surface area contributed by atoms with Gasteiger partial charge < -0.3 is 5.73 Å². The van der Waals surface area contributed by atoms with Crippen molar-refractivity contribution in [2.24, 2.45) is 5.73 Å². The Morgan fingerprint density at radius 3 is 2.61 bits per heavy atom. The molecule has 2 rings (SSSR count). The maximum absolute atomic E-state index is 12.9. The first-order valence-corrected chi connectivity index (χ1v) is 7.15. The quantitative estimate of drug-likeness (QED) is 0.819. The third-order valence-electron chi connectivity index (χ3n) is 2.85. The zero-order valence-corrected chi connectivity index (χ0v) is 13.4. The van der Waals surface area contributed by atoms with Crippen molar-refractivity contribution >= 4 is 27.9 Å². The average molecular weight is 386 g/mol. The number of nitrogens with two attached hydrogens (primary N) is 1. The Labute approximate surface area is 138 Å². The molecule has 0 saturated heterocycles. The van der Waals surface area contributed by atoms with Crippen LogP contribution >= 0.6 is 15.9 Å². The summed E-state index contributed by atoms with van der Waals surface area (Å²) in [4.78, 5) is 19.1. The molecular formula is C15H11BrF3N3O. The summed E-state index contributed by atoms with van der Waals surface area (Å²) in [5.41, 5.74) is 5.35. The van der Waals surface area contributed by atoms with E-state index in [1.54, 1.807) is 13.0 Å². The number of halogens is 4. The van der Waals surface area contributed by atoms with Crippen LogP contribution in [-0.4, -0.2) is 15.9 Å². The fourth-order valence-electron chi connectivity index (χ4n) is 1.87. The maximum Gasteiger partial charge on any atom is 0.416 e. The number of benzene rings is 1. The van der Waals surface area contributed by atoms with Gasteiger partial charge in [0.2, 0.25) is 0 Å². The van der Waals surface area contributed by atoms with E-state index in [1.165, 1.54) is 18.3 Å². The number of rotatable bonds is 3. The molecule has 1 aromatic carbocycles. The van der Waals surface area contributed by atoms with Crippen LogP contribution < -0.4 is 5.73 Å². The van der Waals surface area contributed by atoms with Crippen molar-refractivity contribution in [3.63, 3.8) is 0 Å². The van der Waals surface area contributed by atoms with Gasteiger partial charge in [0.25, 0.3) is 5.91 Å². The van der Waals surface area contributed by atoms with Crippen molar-refractivity contribution in [3.8, 4) is 11.4 Å². The smallest absolute Gasteiger partial charge is 0.365 e. The van der Waals surface area contributed by atoms with Crippen LogP contribution in [0.1, 0.15) is 16.8 Å². The van der Waals surface area contributed by atoms with Gasteiger partial charge in [0.05, 0.1) is 15.7 Å². The van der Waals surface area contributed by atoms with Crippen LogP contribution in [0.5, 0.6) is 0 Å². The summed E-state index contributed by atoms with van der Waals surface area (Å²) in [5.74, 6) is -0.558. The van der Waals surface area contributed by atoms with Crippen molar-refractivity contribution in [1.29, 1.82) is 0 Å². The summed E-state index contributed by atoms with van der Waals surface area (Å²) < 4.78 is 38.8. The third kappa shape index (κ3) is 4.38. The SMILES string of the molecule is Cc1cc(-c2nccc(/C=C(/Br)C(N)=O)n2)cc(C(F)(F)F)c1. The number of carbonyl (C=O) groups is 1. The second-order valence-electron chi connectivity index (χ2n) is 4.75. The lowest BCUT2D eigenvalue weighted by atomic mass is 10.1. The second kappa shape index (κ2) is 6.49. The molecule has 23 heavy (non-hydrogen) atoms. The highest BCUT2D eigenvalue weighted by molar-refractivity contribution is 9.12. The molecule has 0 bridgehead atoms. The van der Waals surface area contributed by atoms with Gasteiger partial charge >= 0.3 is 6.18 Å². The lowest BCUT2D eigenvalue weighted by Crippen LogP contribution is -2.09. The Balaban J connectivity index is 2.49. The van der Waals surface area contributed by atoms with Gasteiger partial charge in [-0.2, -0.15) is 13.2 Å². The van der Waals surface area contributed by atoms with Gasteiger partial charge in [-0.15, -0.1) is 0 Å². The predicted octanol–water partition coefficient (Wildman–Crippen LogP) is 3.69. The summed E-state index contributed by atoms with van der Waals surface area (Å²) in [7, 11) is 0. The molecule has 4 nitrogen and oxygen atoms in total. The zero-order valence-electron chi connectivity index (χ0n) is 11.9. The van der Waals surface area contributed by atoms with Gasteiger partial charge in [0.15, 0.2) is 5.82 Å². The van der Waals surface area contributed by atoms with Gasteiger partial charge in [-0.3, -0.25) is 4.79 Å². The van der Waals surface area contributed by atoms with Crippen LogP contribution in [0.3, 0.4) is 0 Å². The first kappa shape index (κ1) is 17.1. The Kier molecular flexibility index (Phi) is 4.84. The van der Waals surface area contributed by atoms with Gasteiger partial charge in [-0.05, 0) is 58.8 Å². The van der Waals surface area contributed by atoms with Crippen LogP contribution in [-0.2, 0) is 11.0 Å². The van der Waals surface area contributed by atoms with Crippen LogP contribution in [0.15, 0.2) is 34.9 Å². The van der Waals surface area contributed by atoms with Gasteiger partial charge in [0, 0.05) is 11.8 Å². The summed E-state index contributed by atoms with van der Waals surface area (Å²) in [5, 5.41) is 0. The molecule has 1 aromatic heterocycles. The Morgan fingerprint density at radius 2 is 2.00 bits per heavy atom. The van der Waals surface area contributed by atoms with Crippen molar-refractivity contribution in [2.45, 2.75) is 13.1 Å². The average Bonchev–Trinajstić information content (AvgIpc) is 2.46. The molecule has 0 aliphatic heterocycles. The van der Waals surface area contributed by atoms with Crippen molar-refractivity contribution in [3.05, 3.63) is 51.8 Å². The molecule has 0 atom stereocenters. The predicted molar refractivity (Wildman–Crippen MR) is 83.3 cm³/mol. The molecular weight excluding hydrogens is 375 g/mol. The number of primary amides is 1. The molecule has 120 valence electrons. The standard InChI is InChI=1S/C15H11BrF3N3O/c1-8-4-9(6-10(5-8)15(17,18)19)14-21-3-2-11(22-14)7-12(16)13(20)23/h2-7H,1H3,(H2,20,23)/b12-7+. The van der Waals surface area contributed by atoms with Crippen molar-refractivity contribution < 1.29 is 18.0 Å². The minimum absolute atomic E-state index is 0.0994. The fourth-order valence-corrected chi connectivity index (χ4v) is 2.10. The van der Waals surface area contributed by atoms with Crippen LogP contribution in [0.2, 0.25) is 0 Å². The number of carbonyl (C=O) groups excluding carboxylic acids is 1. The molecule has 8 heteroatoms. The molecule has 0 aliphatic carbocycles. The van der Waals surface area contributed by atoms with E-state index < -0.39 is 17.6 Å². The van der Waals surface area contributed by atoms with E-state index in [4.69, 9.17) is 5.73 Å². The van der Waals surface area contributed by atoms with E-state index in [1.807, 2.05) is 0 Å².